The third-order valence-corrected chi connectivity index (χ3v) is 3.80. The van der Waals surface area contributed by atoms with Crippen LogP contribution in [0.5, 0.6) is 5.75 Å². The van der Waals surface area contributed by atoms with E-state index in [-0.39, 0.29) is 5.75 Å². The van der Waals surface area contributed by atoms with E-state index in [9.17, 15) is 5.11 Å². The van der Waals surface area contributed by atoms with Crippen molar-refractivity contribution in [2.24, 2.45) is 0 Å². The molecule has 19 heavy (non-hydrogen) atoms. The number of nitrogen functional groups attached to an aromatic ring is 1. The quantitative estimate of drug-likeness (QED) is 0.749. The molecule has 2 heterocycles. The highest BCUT2D eigenvalue weighted by atomic mass is 32.1. The number of phenols is 1. The predicted molar refractivity (Wildman–Crippen MR) is 78.9 cm³/mol. The molecule has 5 heteroatoms. The van der Waals surface area contributed by atoms with Gasteiger partial charge in [-0.05, 0) is 6.07 Å². The maximum absolute atomic E-state index is 9.70. The van der Waals surface area contributed by atoms with Crippen molar-refractivity contribution < 1.29 is 5.11 Å². The van der Waals surface area contributed by atoms with Gasteiger partial charge in [-0.2, -0.15) is 0 Å². The first-order valence-corrected chi connectivity index (χ1v) is 6.57. The number of benzene rings is 1. The predicted octanol–water partition coefficient (Wildman–Crippen LogP) is 3.15. The summed E-state index contributed by atoms with van der Waals surface area (Å²) in [5.41, 5.74) is 8.37. The Morgan fingerprint density at radius 2 is 1.89 bits per heavy atom. The number of hydrogen-bond acceptors (Lipinski definition) is 5. The minimum absolute atomic E-state index is 0.257. The second kappa shape index (κ2) is 4.70. The molecule has 0 fully saturated rings. The summed E-state index contributed by atoms with van der Waals surface area (Å²) in [5.74, 6) is 0.754. The van der Waals surface area contributed by atoms with E-state index >= 15 is 0 Å². The topological polar surface area (TPSA) is 72.0 Å². The van der Waals surface area contributed by atoms with Crippen LogP contribution in [0.2, 0.25) is 0 Å². The molecule has 3 rings (SSSR count). The lowest BCUT2D eigenvalue weighted by molar-refractivity contribution is 0.474. The van der Waals surface area contributed by atoms with Crippen LogP contribution in [0.3, 0.4) is 0 Å². The Hall–Kier alpha value is -2.40. The summed E-state index contributed by atoms with van der Waals surface area (Å²) in [5, 5.41) is 11.7. The number of hydrogen-bond donors (Lipinski definition) is 2. The number of anilines is 1. The molecule has 0 bridgehead atoms. The van der Waals surface area contributed by atoms with E-state index in [1.165, 1.54) is 17.7 Å². The number of rotatable bonds is 2. The molecule has 4 nitrogen and oxygen atoms in total. The van der Waals surface area contributed by atoms with Crippen LogP contribution in [-0.2, 0) is 0 Å². The summed E-state index contributed by atoms with van der Waals surface area (Å²) in [6, 6.07) is 7.18. The van der Waals surface area contributed by atoms with Crippen LogP contribution in [0.15, 0.2) is 36.0 Å². The second-order valence-corrected chi connectivity index (χ2v) is 4.90. The van der Waals surface area contributed by atoms with Gasteiger partial charge in [-0.25, -0.2) is 9.97 Å². The standard InChI is InChI=1S/C14H11N3OS/c15-14-13-12(16-8-17-14)10(7-19-13)6-5-9-3-1-2-4-11(9)18/h1-8,18H,(H2,15,16,17). The molecule has 0 saturated carbocycles. The zero-order valence-electron chi connectivity index (χ0n) is 9.95. The van der Waals surface area contributed by atoms with Crippen LogP contribution < -0.4 is 5.73 Å². The summed E-state index contributed by atoms with van der Waals surface area (Å²) in [7, 11) is 0. The maximum atomic E-state index is 9.70. The van der Waals surface area contributed by atoms with E-state index in [4.69, 9.17) is 5.73 Å². The van der Waals surface area contributed by atoms with E-state index in [1.807, 2.05) is 29.7 Å². The first-order chi connectivity index (χ1) is 9.25. The van der Waals surface area contributed by atoms with Gasteiger partial charge in [0, 0.05) is 16.5 Å². The average molecular weight is 269 g/mol. The summed E-state index contributed by atoms with van der Waals surface area (Å²) in [4.78, 5) is 8.21. The molecule has 0 aliphatic rings. The number of nitrogens with zero attached hydrogens (tertiary/aromatic N) is 2. The lowest BCUT2D eigenvalue weighted by Gasteiger charge is -1.97. The number of aromatic hydroxyl groups is 1. The molecule has 0 saturated heterocycles. The van der Waals surface area contributed by atoms with Crippen molar-refractivity contribution in [3.05, 3.63) is 47.1 Å². The molecule has 0 amide bonds. The van der Waals surface area contributed by atoms with Gasteiger partial charge in [0.05, 0.1) is 10.2 Å². The largest absolute Gasteiger partial charge is 0.507 e. The summed E-state index contributed by atoms with van der Waals surface area (Å²) < 4.78 is 0.888. The Balaban J connectivity index is 2.03. The van der Waals surface area contributed by atoms with E-state index < -0.39 is 0 Å². The Labute approximate surface area is 113 Å². The Kier molecular flexibility index (Phi) is 2.89. The molecule has 0 unspecified atom stereocenters. The highest BCUT2D eigenvalue weighted by Gasteiger charge is 2.06. The van der Waals surface area contributed by atoms with Crippen molar-refractivity contribution >= 4 is 39.5 Å². The van der Waals surface area contributed by atoms with Crippen LogP contribution in [0.25, 0.3) is 22.4 Å². The van der Waals surface area contributed by atoms with Gasteiger partial charge >= 0.3 is 0 Å². The number of fused-ring (bicyclic) bond motifs is 1. The van der Waals surface area contributed by atoms with Gasteiger partial charge < -0.3 is 10.8 Å². The zero-order chi connectivity index (χ0) is 13.2. The first kappa shape index (κ1) is 11.7. The van der Waals surface area contributed by atoms with Gasteiger partial charge in [0.25, 0.3) is 0 Å². The zero-order valence-corrected chi connectivity index (χ0v) is 10.8. The van der Waals surface area contributed by atoms with Gasteiger partial charge in [0.15, 0.2) is 0 Å². The number of aromatic nitrogens is 2. The van der Waals surface area contributed by atoms with Crippen LogP contribution >= 0.6 is 11.3 Å². The van der Waals surface area contributed by atoms with Gasteiger partial charge in [0.1, 0.15) is 17.9 Å². The van der Waals surface area contributed by atoms with E-state index in [0.29, 0.717) is 5.82 Å². The van der Waals surface area contributed by atoms with Crippen LogP contribution in [0.4, 0.5) is 5.82 Å². The van der Waals surface area contributed by atoms with Crippen molar-refractivity contribution in [2.45, 2.75) is 0 Å². The van der Waals surface area contributed by atoms with E-state index in [1.54, 1.807) is 12.1 Å². The number of thiophene rings is 1. The fourth-order valence-corrected chi connectivity index (χ4v) is 2.70. The van der Waals surface area contributed by atoms with Crippen LogP contribution in [0.1, 0.15) is 11.1 Å². The van der Waals surface area contributed by atoms with Gasteiger partial charge in [-0.15, -0.1) is 11.3 Å². The summed E-state index contributed by atoms with van der Waals surface area (Å²) in [6.07, 6.45) is 5.23. The van der Waals surface area contributed by atoms with Gasteiger partial charge in [-0.1, -0.05) is 30.4 Å². The average Bonchev–Trinajstić information content (AvgIpc) is 2.83. The fraction of sp³-hybridized carbons (Fsp3) is 0. The number of nitrogens with two attached hydrogens (primary N) is 1. The maximum Gasteiger partial charge on any atom is 0.144 e. The molecule has 0 aliphatic carbocycles. The van der Waals surface area contributed by atoms with Crippen LogP contribution in [-0.4, -0.2) is 15.1 Å². The molecular formula is C14H11N3OS. The molecule has 94 valence electrons. The molecule has 2 aromatic heterocycles. The highest BCUT2D eigenvalue weighted by molar-refractivity contribution is 7.18. The minimum atomic E-state index is 0.257. The third kappa shape index (κ3) is 2.15. The van der Waals surface area contributed by atoms with Crippen molar-refractivity contribution in [2.75, 3.05) is 5.73 Å². The lowest BCUT2D eigenvalue weighted by atomic mass is 10.1. The molecular weight excluding hydrogens is 258 g/mol. The van der Waals surface area contributed by atoms with Crippen molar-refractivity contribution in [3.8, 4) is 5.75 Å². The monoisotopic (exact) mass is 269 g/mol. The van der Waals surface area contributed by atoms with Gasteiger partial charge in [-0.3, -0.25) is 0 Å². The van der Waals surface area contributed by atoms with Crippen molar-refractivity contribution in [1.82, 2.24) is 9.97 Å². The molecule has 0 radical (unpaired) electrons. The normalized spacial score (nSPS) is 11.4. The second-order valence-electron chi connectivity index (χ2n) is 4.02. The Morgan fingerprint density at radius 3 is 2.74 bits per heavy atom. The lowest BCUT2D eigenvalue weighted by Crippen LogP contribution is -1.90. The number of para-hydroxylation sites is 1. The van der Waals surface area contributed by atoms with Gasteiger partial charge in [0.2, 0.25) is 0 Å². The number of phenolic OH excluding ortho intramolecular Hbond substituents is 1. The SMILES string of the molecule is Nc1ncnc2c(C=Cc3ccccc3O)csc12. The molecule has 0 atom stereocenters. The molecule has 3 aromatic rings. The first-order valence-electron chi connectivity index (χ1n) is 5.69. The summed E-state index contributed by atoms with van der Waals surface area (Å²) in [6.45, 7) is 0. The smallest absolute Gasteiger partial charge is 0.144 e. The highest BCUT2D eigenvalue weighted by Crippen LogP contribution is 2.29. The molecule has 1 aromatic carbocycles. The van der Waals surface area contributed by atoms with Crippen molar-refractivity contribution in [1.29, 1.82) is 0 Å². The Morgan fingerprint density at radius 1 is 1.11 bits per heavy atom. The third-order valence-electron chi connectivity index (χ3n) is 2.79. The van der Waals surface area contributed by atoms with Crippen molar-refractivity contribution in [3.63, 3.8) is 0 Å². The van der Waals surface area contributed by atoms with Crippen LogP contribution in [0, 0.1) is 0 Å². The summed E-state index contributed by atoms with van der Waals surface area (Å²) >= 11 is 1.52. The fourth-order valence-electron chi connectivity index (χ4n) is 1.81. The van der Waals surface area contributed by atoms with E-state index in [0.717, 1.165) is 21.3 Å². The molecule has 3 N–H and O–H groups in total. The minimum Gasteiger partial charge on any atom is -0.507 e. The molecule has 0 spiro atoms. The molecule has 0 aliphatic heterocycles. The van der Waals surface area contributed by atoms with E-state index in [2.05, 4.69) is 9.97 Å². The Bertz CT molecular complexity index is 764.